The zero-order valence-corrected chi connectivity index (χ0v) is 22.5. The first kappa shape index (κ1) is 28.0. The second kappa shape index (κ2) is 12.9. The van der Waals surface area contributed by atoms with Crippen LogP contribution in [0.2, 0.25) is 0 Å². The number of ether oxygens (including phenoxy) is 1. The van der Waals surface area contributed by atoms with Crippen LogP contribution in [0.5, 0.6) is 0 Å². The summed E-state index contributed by atoms with van der Waals surface area (Å²) in [6.07, 6.45) is 19.1. The molecule has 1 saturated heterocycles. The molecule has 0 aromatic heterocycles. The Morgan fingerprint density at radius 3 is 1.00 bits per heavy atom. The van der Waals surface area contributed by atoms with E-state index in [1.807, 2.05) is 0 Å². The maximum Gasteiger partial charge on any atom is 0.0623 e. The number of rotatable bonds is 0. The van der Waals surface area contributed by atoms with Crippen LogP contribution >= 0.6 is 0 Å². The molecule has 1 atom stereocenters. The molecule has 1 heterocycles. The maximum absolute atomic E-state index is 5.64. The summed E-state index contributed by atoms with van der Waals surface area (Å²) in [7, 11) is 0. The zero-order valence-electron chi connectivity index (χ0n) is 22.5. The molecule has 1 nitrogen and oxygen atoms in total. The summed E-state index contributed by atoms with van der Waals surface area (Å²) < 4.78 is 5.64. The lowest BCUT2D eigenvalue weighted by molar-refractivity contribution is -0.0474. The Hall–Kier alpha value is -0.0400. The van der Waals surface area contributed by atoms with Crippen molar-refractivity contribution in [2.45, 2.75) is 152 Å². The smallest absolute Gasteiger partial charge is 0.0623 e. The van der Waals surface area contributed by atoms with E-state index >= 15 is 0 Å². The lowest BCUT2D eigenvalue weighted by atomic mass is 9.72. The minimum atomic E-state index is 0.348. The minimum absolute atomic E-state index is 0.348. The molecular weight excluding hydrogens is 364 g/mol. The lowest BCUT2D eigenvalue weighted by Gasteiger charge is -2.33. The fourth-order valence-electron chi connectivity index (χ4n) is 5.36. The van der Waals surface area contributed by atoms with Gasteiger partial charge in [0.25, 0.3) is 0 Å². The highest BCUT2D eigenvalue weighted by atomic mass is 16.5. The molecular formula is C29H58O. The molecule has 2 aliphatic carbocycles. The summed E-state index contributed by atoms with van der Waals surface area (Å²) >= 11 is 0. The molecule has 0 aromatic rings. The van der Waals surface area contributed by atoms with E-state index in [0.29, 0.717) is 22.3 Å². The van der Waals surface area contributed by atoms with Gasteiger partial charge in [0.1, 0.15) is 0 Å². The van der Waals surface area contributed by atoms with Crippen LogP contribution in [0.25, 0.3) is 0 Å². The highest BCUT2D eigenvalue weighted by Gasteiger charge is 2.27. The average Bonchev–Trinajstić information content (AvgIpc) is 2.69. The van der Waals surface area contributed by atoms with Crippen LogP contribution in [-0.2, 0) is 4.74 Å². The third-order valence-electron chi connectivity index (χ3n) is 7.81. The lowest BCUT2D eigenvalue weighted by Crippen LogP contribution is -2.32. The second-order valence-corrected chi connectivity index (χ2v) is 13.6. The molecule has 3 rings (SSSR count). The second-order valence-electron chi connectivity index (χ2n) is 13.6. The Morgan fingerprint density at radius 2 is 0.800 bits per heavy atom. The predicted octanol–water partition coefficient (Wildman–Crippen LogP) is 9.83. The van der Waals surface area contributed by atoms with E-state index in [9.17, 15) is 0 Å². The van der Waals surface area contributed by atoms with Gasteiger partial charge in [0.15, 0.2) is 0 Å². The van der Waals surface area contributed by atoms with Crippen molar-refractivity contribution < 1.29 is 4.74 Å². The summed E-state index contributed by atoms with van der Waals surface area (Å²) in [6.45, 7) is 22.0. The van der Waals surface area contributed by atoms with Crippen molar-refractivity contribution in [3.05, 3.63) is 0 Å². The van der Waals surface area contributed by atoms with Crippen molar-refractivity contribution >= 4 is 0 Å². The van der Waals surface area contributed by atoms with Gasteiger partial charge in [0.05, 0.1) is 6.10 Å². The van der Waals surface area contributed by atoms with Crippen LogP contribution in [0.1, 0.15) is 146 Å². The van der Waals surface area contributed by atoms with Gasteiger partial charge in [-0.3, -0.25) is 0 Å². The van der Waals surface area contributed by atoms with Gasteiger partial charge < -0.3 is 4.74 Å². The average molecular weight is 423 g/mol. The maximum atomic E-state index is 5.64. The number of hydrogen-bond donors (Lipinski definition) is 0. The Morgan fingerprint density at radius 1 is 0.433 bits per heavy atom. The Kier molecular flexibility index (Phi) is 12.0. The van der Waals surface area contributed by atoms with Gasteiger partial charge in [-0.05, 0) is 73.0 Å². The van der Waals surface area contributed by atoms with Crippen LogP contribution in [0, 0.1) is 28.1 Å². The largest absolute Gasteiger partial charge is 0.378 e. The molecule has 0 radical (unpaired) electrons. The third-order valence-corrected chi connectivity index (χ3v) is 7.81. The van der Waals surface area contributed by atoms with E-state index in [4.69, 9.17) is 4.74 Å². The van der Waals surface area contributed by atoms with Crippen LogP contribution in [0.3, 0.4) is 0 Å². The van der Waals surface area contributed by atoms with Crippen molar-refractivity contribution in [3.8, 4) is 0 Å². The molecule has 1 unspecified atom stereocenters. The third kappa shape index (κ3) is 11.5. The minimum Gasteiger partial charge on any atom is -0.378 e. The molecule has 180 valence electrons. The fraction of sp³-hybridized carbons (Fsp3) is 1.00. The summed E-state index contributed by atoms with van der Waals surface area (Å²) in [6, 6.07) is 0. The van der Waals surface area contributed by atoms with Gasteiger partial charge in [-0.15, -0.1) is 0 Å². The van der Waals surface area contributed by atoms with E-state index in [2.05, 4.69) is 62.3 Å². The molecule has 0 amide bonds. The summed E-state index contributed by atoms with van der Waals surface area (Å²) in [5, 5.41) is 0. The Balaban J connectivity index is 0.000000225. The predicted molar refractivity (Wildman–Crippen MR) is 135 cm³/mol. The molecule has 1 heteroatoms. The normalized spacial score (nSPS) is 24.9. The molecule has 2 saturated carbocycles. The van der Waals surface area contributed by atoms with Gasteiger partial charge in [-0.1, -0.05) is 101 Å². The van der Waals surface area contributed by atoms with Gasteiger partial charge in [-0.2, -0.15) is 0 Å². The first-order valence-corrected chi connectivity index (χ1v) is 13.4. The summed E-state index contributed by atoms with van der Waals surface area (Å²) in [4.78, 5) is 0. The topological polar surface area (TPSA) is 9.23 Å². The quantitative estimate of drug-likeness (QED) is 0.377. The van der Waals surface area contributed by atoms with Crippen molar-refractivity contribution in [2.75, 3.05) is 6.61 Å². The zero-order chi connectivity index (χ0) is 22.8. The highest BCUT2D eigenvalue weighted by Crippen LogP contribution is 2.38. The Bertz CT molecular complexity index is 346. The van der Waals surface area contributed by atoms with E-state index < -0.39 is 0 Å². The summed E-state index contributed by atoms with van der Waals surface area (Å²) in [5.74, 6) is 2.00. The van der Waals surface area contributed by atoms with Crippen molar-refractivity contribution in [1.29, 1.82) is 0 Å². The standard InChI is InChI=1S/2C10H20.C9H18O/c2*1-10(2,3)9-7-5-4-6-8-9;1-9(2,3)8-6-4-5-7-10-8/h2*9H,4-8H2,1-3H3;8H,4-7H2,1-3H3. The van der Waals surface area contributed by atoms with Gasteiger partial charge >= 0.3 is 0 Å². The molecule has 3 fully saturated rings. The number of hydrogen-bond acceptors (Lipinski definition) is 1. The molecule has 0 bridgehead atoms. The molecule has 3 aliphatic rings. The van der Waals surface area contributed by atoms with Gasteiger partial charge in [0.2, 0.25) is 0 Å². The van der Waals surface area contributed by atoms with Crippen molar-refractivity contribution in [3.63, 3.8) is 0 Å². The Labute approximate surface area is 191 Å². The van der Waals surface area contributed by atoms with Crippen LogP contribution < -0.4 is 0 Å². The highest BCUT2D eigenvalue weighted by molar-refractivity contribution is 4.78. The van der Waals surface area contributed by atoms with E-state index in [1.165, 1.54) is 83.5 Å². The van der Waals surface area contributed by atoms with Crippen molar-refractivity contribution in [1.82, 2.24) is 0 Å². The first-order chi connectivity index (χ1) is 13.8. The van der Waals surface area contributed by atoms with E-state index in [1.54, 1.807) is 0 Å². The van der Waals surface area contributed by atoms with Crippen LogP contribution in [0.4, 0.5) is 0 Å². The van der Waals surface area contributed by atoms with Crippen molar-refractivity contribution in [2.24, 2.45) is 28.1 Å². The van der Waals surface area contributed by atoms with Gasteiger partial charge in [0, 0.05) is 6.61 Å². The van der Waals surface area contributed by atoms with Crippen LogP contribution in [0.15, 0.2) is 0 Å². The molecule has 0 spiro atoms. The SMILES string of the molecule is CC(C)(C)C1CCCCC1.CC(C)(C)C1CCCCC1.CC(C)(C)C1CCCCO1. The molecule has 0 aromatic carbocycles. The molecule has 30 heavy (non-hydrogen) atoms. The monoisotopic (exact) mass is 422 g/mol. The van der Waals surface area contributed by atoms with Crippen LogP contribution in [-0.4, -0.2) is 12.7 Å². The molecule has 1 aliphatic heterocycles. The van der Waals surface area contributed by atoms with E-state index in [0.717, 1.165) is 18.4 Å². The summed E-state index contributed by atoms with van der Waals surface area (Å²) in [5.41, 5.74) is 1.49. The molecule has 0 N–H and O–H groups in total. The van der Waals surface area contributed by atoms with E-state index in [-0.39, 0.29) is 0 Å². The van der Waals surface area contributed by atoms with Gasteiger partial charge in [-0.25, -0.2) is 0 Å². The first-order valence-electron chi connectivity index (χ1n) is 13.4. The fourth-order valence-corrected chi connectivity index (χ4v) is 5.36.